The van der Waals surface area contributed by atoms with E-state index < -0.39 is 18.0 Å². The highest BCUT2D eigenvalue weighted by Gasteiger charge is 2.25. The van der Waals surface area contributed by atoms with Crippen molar-refractivity contribution in [3.05, 3.63) is 28.6 Å². The maximum absolute atomic E-state index is 12.7. The first-order valence-electron chi connectivity index (χ1n) is 4.55. The minimum atomic E-state index is -2.89. The number of carbonyl (C=O) groups excluding carboxylic acids is 1. The van der Waals surface area contributed by atoms with Crippen LogP contribution in [0.4, 0.5) is 8.78 Å². The topological polar surface area (TPSA) is 89.0 Å². The van der Waals surface area contributed by atoms with E-state index in [-0.39, 0.29) is 23.4 Å². The van der Waals surface area contributed by atoms with Crippen molar-refractivity contribution >= 4 is 5.97 Å². The molecule has 0 unspecified atom stereocenters. The number of hydrogen-bond acceptors (Lipinski definition) is 5. The monoisotopic (exact) mass is 241 g/mol. The van der Waals surface area contributed by atoms with Gasteiger partial charge in [0.1, 0.15) is 11.8 Å². The van der Waals surface area contributed by atoms with E-state index in [0.29, 0.717) is 0 Å². The molecule has 1 aromatic heterocycles. The molecule has 0 fully saturated rings. The fourth-order valence-electron chi connectivity index (χ4n) is 1.37. The van der Waals surface area contributed by atoms with Crippen LogP contribution in [0, 0.1) is 11.3 Å². The van der Waals surface area contributed by atoms with E-state index in [4.69, 9.17) is 11.0 Å². The van der Waals surface area contributed by atoms with Gasteiger partial charge in [-0.15, -0.1) is 0 Å². The van der Waals surface area contributed by atoms with E-state index in [1.165, 1.54) is 0 Å². The molecule has 0 aliphatic rings. The second-order valence-electron chi connectivity index (χ2n) is 3.02. The van der Waals surface area contributed by atoms with Gasteiger partial charge in [0.2, 0.25) is 0 Å². The van der Waals surface area contributed by atoms with Crippen LogP contribution in [0.3, 0.4) is 0 Å². The van der Waals surface area contributed by atoms with Gasteiger partial charge in [-0.3, -0.25) is 0 Å². The first-order chi connectivity index (χ1) is 8.06. The highest BCUT2D eigenvalue weighted by molar-refractivity contribution is 5.93. The summed E-state index contributed by atoms with van der Waals surface area (Å²) in [6, 6.07) is 1.69. The minimum absolute atomic E-state index is 0.0304. The van der Waals surface area contributed by atoms with Crippen molar-refractivity contribution in [3.8, 4) is 6.07 Å². The Morgan fingerprint density at radius 1 is 1.71 bits per heavy atom. The molecule has 1 heterocycles. The maximum Gasteiger partial charge on any atom is 0.338 e. The van der Waals surface area contributed by atoms with Crippen molar-refractivity contribution in [2.24, 2.45) is 5.73 Å². The second kappa shape index (κ2) is 5.32. The molecule has 0 saturated carbocycles. The molecule has 1 aromatic rings. The van der Waals surface area contributed by atoms with Crippen LogP contribution in [-0.2, 0) is 11.3 Å². The summed E-state index contributed by atoms with van der Waals surface area (Å²) in [5, 5.41) is 8.75. The average molecular weight is 241 g/mol. The summed E-state index contributed by atoms with van der Waals surface area (Å²) in [7, 11) is 1.06. The van der Waals surface area contributed by atoms with Gasteiger partial charge in [-0.1, -0.05) is 0 Å². The van der Waals surface area contributed by atoms with E-state index in [9.17, 15) is 13.6 Å². The first-order valence-corrected chi connectivity index (χ1v) is 4.55. The quantitative estimate of drug-likeness (QED) is 0.801. The Balaban J connectivity index is 3.57. The summed E-state index contributed by atoms with van der Waals surface area (Å²) in [4.78, 5) is 15.0. The third kappa shape index (κ3) is 2.37. The van der Waals surface area contributed by atoms with Gasteiger partial charge in [0.15, 0.2) is 0 Å². The van der Waals surface area contributed by atoms with Gasteiger partial charge in [0, 0.05) is 18.3 Å². The van der Waals surface area contributed by atoms with Gasteiger partial charge in [-0.2, -0.15) is 5.26 Å². The maximum atomic E-state index is 12.7. The molecule has 7 heteroatoms. The summed E-state index contributed by atoms with van der Waals surface area (Å²) in [5.74, 6) is -0.959. The van der Waals surface area contributed by atoms with Crippen molar-refractivity contribution in [2.75, 3.05) is 7.11 Å². The number of pyridine rings is 1. The van der Waals surface area contributed by atoms with Crippen molar-refractivity contribution in [3.63, 3.8) is 0 Å². The Labute approximate surface area is 95.8 Å². The molecule has 5 nitrogen and oxygen atoms in total. The number of methoxy groups -OCH3 is 1. The van der Waals surface area contributed by atoms with Gasteiger partial charge in [0.25, 0.3) is 6.43 Å². The Bertz CT molecular complexity index is 483. The molecule has 1 rings (SSSR count). The van der Waals surface area contributed by atoms with Crippen LogP contribution < -0.4 is 5.73 Å². The molecule has 0 aliphatic carbocycles. The number of nitrogens with two attached hydrogens (primary N) is 1. The molecule has 2 N–H and O–H groups in total. The summed E-state index contributed by atoms with van der Waals surface area (Å²) >= 11 is 0. The number of ether oxygens (including phenoxy) is 1. The number of hydrogen-bond donors (Lipinski definition) is 1. The highest BCUT2D eigenvalue weighted by Crippen LogP contribution is 2.26. The minimum Gasteiger partial charge on any atom is -0.465 e. The number of esters is 1. The number of alkyl halides is 2. The van der Waals surface area contributed by atoms with Crippen LogP contribution in [0.25, 0.3) is 0 Å². The molecule has 90 valence electrons. The average Bonchev–Trinajstić information content (AvgIpc) is 2.35. The summed E-state index contributed by atoms with van der Waals surface area (Å²) in [5.41, 5.74) is 4.19. The number of halogens is 2. The number of carbonyl (C=O) groups is 1. The second-order valence-corrected chi connectivity index (χ2v) is 3.02. The van der Waals surface area contributed by atoms with Gasteiger partial charge >= 0.3 is 5.97 Å². The molecular formula is C10H9F2N3O2. The summed E-state index contributed by atoms with van der Waals surface area (Å²) < 4.78 is 29.8. The van der Waals surface area contributed by atoms with E-state index in [1.807, 2.05) is 0 Å². The lowest BCUT2D eigenvalue weighted by atomic mass is 10.0. The zero-order chi connectivity index (χ0) is 13.0. The number of rotatable bonds is 3. The smallest absolute Gasteiger partial charge is 0.338 e. The standard InChI is InChI=1S/C10H9F2N3O2/c1-17-10(16)8-5(2-13)7(3-14)15-4-6(8)9(11)12/h4,9H,2,13H2,1H3. The van der Waals surface area contributed by atoms with Crippen LogP contribution in [0.5, 0.6) is 0 Å². The zero-order valence-electron chi connectivity index (χ0n) is 8.91. The predicted octanol–water partition coefficient (Wildman–Crippen LogP) is 1.14. The normalized spacial score (nSPS) is 10.1. The van der Waals surface area contributed by atoms with Gasteiger partial charge in [-0.05, 0) is 0 Å². The van der Waals surface area contributed by atoms with Crippen molar-refractivity contribution < 1.29 is 18.3 Å². The van der Waals surface area contributed by atoms with Crippen LogP contribution in [0.15, 0.2) is 6.20 Å². The lowest BCUT2D eigenvalue weighted by Crippen LogP contribution is -2.15. The number of nitriles is 1. The SMILES string of the molecule is COC(=O)c1c(C(F)F)cnc(C#N)c1CN. The van der Waals surface area contributed by atoms with Crippen molar-refractivity contribution in [1.82, 2.24) is 4.98 Å². The van der Waals surface area contributed by atoms with Crippen molar-refractivity contribution in [1.29, 1.82) is 5.26 Å². The van der Waals surface area contributed by atoms with E-state index in [1.54, 1.807) is 6.07 Å². The Morgan fingerprint density at radius 3 is 2.76 bits per heavy atom. The Morgan fingerprint density at radius 2 is 2.35 bits per heavy atom. The molecule has 0 radical (unpaired) electrons. The van der Waals surface area contributed by atoms with E-state index in [0.717, 1.165) is 13.3 Å². The molecule has 0 amide bonds. The lowest BCUT2D eigenvalue weighted by molar-refractivity contribution is 0.0587. The van der Waals surface area contributed by atoms with Gasteiger partial charge in [0.05, 0.1) is 18.2 Å². The van der Waals surface area contributed by atoms with Crippen LogP contribution in [0.1, 0.15) is 33.6 Å². The van der Waals surface area contributed by atoms with Crippen LogP contribution in [0.2, 0.25) is 0 Å². The van der Waals surface area contributed by atoms with Gasteiger partial charge in [-0.25, -0.2) is 18.6 Å². The molecule has 0 aromatic carbocycles. The predicted molar refractivity (Wildman–Crippen MR) is 53.1 cm³/mol. The van der Waals surface area contributed by atoms with E-state index >= 15 is 0 Å². The number of nitrogens with zero attached hydrogens (tertiary/aromatic N) is 2. The third-order valence-corrected chi connectivity index (χ3v) is 2.14. The molecule has 0 bridgehead atoms. The summed E-state index contributed by atoms with van der Waals surface area (Å²) in [6.45, 7) is -0.249. The Hall–Kier alpha value is -2.07. The largest absolute Gasteiger partial charge is 0.465 e. The molecule has 17 heavy (non-hydrogen) atoms. The third-order valence-electron chi connectivity index (χ3n) is 2.14. The van der Waals surface area contributed by atoms with E-state index in [2.05, 4.69) is 9.72 Å². The lowest BCUT2D eigenvalue weighted by Gasteiger charge is -2.11. The fourth-order valence-corrected chi connectivity index (χ4v) is 1.37. The van der Waals surface area contributed by atoms with Gasteiger partial charge < -0.3 is 10.5 Å². The number of aromatic nitrogens is 1. The highest BCUT2D eigenvalue weighted by atomic mass is 19.3. The zero-order valence-corrected chi connectivity index (χ0v) is 8.91. The fraction of sp³-hybridized carbons (Fsp3) is 0.300. The molecule has 0 atom stereocenters. The molecule has 0 aliphatic heterocycles. The summed E-state index contributed by atoms with van der Waals surface area (Å²) in [6.07, 6.45) is -2.11. The Kier molecular flexibility index (Phi) is 4.06. The molecular weight excluding hydrogens is 232 g/mol. The first kappa shape index (κ1) is 13.0. The van der Waals surface area contributed by atoms with Crippen LogP contribution in [-0.4, -0.2) is 18.1 Å². The molecule has 0 saturated heterocycles. The molecule has 0 spiro atoms. The van der Waals surface area contributed by atoms with Crippen molar-refractivity contribution in [2.45, 2.75) is 13.0 Å². The van der Waals surface area contributed by atoms with Crippen LogP contribution >= 0.6 is 0 Å².